The normalized spacial score (nSPS) is 12.5. The van der Waals surface area contributed by atoms with Crippen molar-refractivity contribution >= 4 is 29.5 Å². The predicted octanol–water partition coefficient (Wildman–Crippen LogP) is 4.15. The highest BCUT2D eigenvalue weighted by molar-refractivity contribution is 7.99. The van der Waals surface area contributed by atoms with Crippen molar-refractivity contribution in [3.8, 4) is 0 Å². The highest BCUT2D eigenvalue weighted by Crippen LogP contribution is 2.17. The van der Waals surface area contributed by atoms with Gasteiger partial charge < -0.3 is 20.6 Å². The van der Waals surface area contributed by atoms with Gasteiger partial charge in [-0.15, -0.1) is 11.8 Å². The van der Waals surface area contributed by atoms with Crippen LogP contribution in [-0.2, 0) is 33.8 Å². The first kappa shape index (κ1) is 32.8. The molecule has 0 spiro atoms. The number of rotatable bonds is 14. The summed E-state index contributed by atoms with van der Waals surface area (Å²) < 4.78 is 28.4. The van der Waals surface area contributed by atoms with Gasteiger partial charge in [0.15, 0.2) is 6.10 Å². The first-order valence-electron chi connectivity index (χ1n) is 13.7. The van der Waals surface area contributed by atoms with Crippen LogP contribution in [0.15, 0.2) is 72.8 Å². The molecule has 0 bridgehead atoms. The largest absolute Gasteiger partial charge is 0.381 e. The number of hydrogen-bond acceptors (Lipinski definition) is 5. The maximum absolute atomic E-state index is 14.2. The summed E-state index contributed by atoms with van der Waals surface area (Å²) in [5.41, 5.74) is 2.28. The number of halogens is 2. The topological polar surface area (TPSA) is 98.7 Å². The number of nitrogens with one attached hydrogen (secondary N) is 2. The molecule has 10 heteroatoms. The molecule has 0 heterocycles. The van der Waals surface area contributed by atoms with Crippen LogP contribution >= 0.6 is 11.8 Å². The maximum atomic E-state index is 14.2. The summed E-state index contributed by atoms with van der Waals surface area (Å²) in [5.74, 6) is -3.50. The highest BCUT2D eigenvalue weighted by atomic mass is 32.2. The van der Waals surface area contributed by atoms with Crippen molar-refractivity contribution < 1.29 is 28.3 Å². The fraction of sp³-hybridized carbons (Fsp3) is 0.344. The molecular weight excluding hydrogens is 560 g/mol. The number of aliphatic hydroxyl groups excluding tert-OH is 1. The zero-order valence-corrected chi connectivity index (χ0v) is 24.8. The first-order valence-corrected chi connectivity index (χ1v) is 14.8. The van der Waals surface area contributed by atoms with E-state index in [0.717, 1.165) is 28.8 Å². The highest BCUT2D eigenvalue weighted by Gasteiger charge is 2.32. The van der Waals surface area contributed by atoms with E-state index in [9.17, 15) is 28.3 Å². The molecule has 0 aliphatic rings. The second-order valence-corrected chi connectivity index (χ2v) is 11.8. The molecular formula is C32H37F2N3O4S. The van der Waals surface area contributed by atoms with Gasteiger partial charge in [0.05, 0.1) is 18.3 Å². The zero-order chi connectivity index (χ0) is 30.6. The second kappa shape index (κ2) is 16.0. The summed E-state index contributed by atoms with van der Waals surface area (Å²) >= 11 is 1.42. The van der Waals surface area contributed by atoms with Crippen LogP contribution in [0.3, 0.4) is 0 Å². The summed E-state index contributed by atoms with van der Waals surface area (Å²) in [6.07, 6.45) is -2.26. The number of thioether (sulfide) groups is 1. The third kappa shape index (κ3) is 9.95. The van der Waals surface area contributed by atoms with Gasteiger partial charge in [-0.25, -0.2) is 8.78 Å². The number of hydrogen-bond donors (Lipinski definition) is 3. The Morgan fingerprint density at radius 2 is 1.55 bits per heavy atom. The zero-order valence-electron chi connectivity index (χ0n) is 24.0. The smallest absolute Gasteiger partial charge is 0.254 e. The monoisotopic (exact) mass is 597 g/mol. The van der Waals surface area contributed by atoms with E-state index in [2.05, 4.69) is 10.6 Å². The van der Waals surface area contributed by atoms with E-state index in [1.54, 1.807) is 30.3 Å². The Hall–Kier alpha value is -3.76. The lowest BCUT2D eigenvalue weighted by Gasteiger charge is -2.30. The van der Waals surface area contributed by atoms with Crippen LogP contribution in [0.25, 0.3) is 0 Å². The van der Waals surface area contributed by atoms with Crippen molar-refractivity contribution in [2.75, 3.05) is 12.4 Å². The van der Waals surface area contributed by atoms with Crippen molar-refractivity contribution in [2.45, 2.75) is 57.6 Å². The molecule has 2 atom stereocenters. The minimum atomic E-state index is -1.73. The minimum absolute atomic E-state index is 0.0733. The molecule has 3 aromatic rings. The fourth-order valence-electron chi connectivity index (χ4n) is 4.25. The van der Waals surface area contributed by atoms with E-state index in [1.807, 2.05) is 45.0 Å². The summed E-state index contributed by atoms with van der Waals surface area (Å²) in [6.45, 7) is 5.82. The average molecular weight is 598 g/mol. The molecule has 3 N–H and O–H groups in total. The van der Waals surface area contributed by atoms with Crippen LogP contribution in [0.1, 0.15) is 36.1 Å². The maximum Gasteiger partial charge on any atom is 0.254 e. The molecule has 224 valence electrons. The van der Waals surface area contributed by atoms with E-state index in [1.165, 1.54) is 22.7 Å². The second-order valence-electron chi connectivity index (χ2n) is 10.3. The van der Waals surface area contributed by atoms with Gasteiger partial charge in [0.2, 0.25) is 11.8 Å². The van der Waals surface area contributed by atoms with Crippen molar-refractivity contribution in [2.24, 2.45) is 0 Å². The average Bonchev–Trinajstić information content (AvgIpc) is 2.96. The molecule has 0 saturated heterocycles. The van der Waals surface area contributed by atoms with Gasteiger partial charge in [-0.05, 0) is 42.2 Å². The molecule has 0 fully saturated rings. The van der Waals surface area contributed by atoms with E-state index < -0.39 is 53.5 Å². The van der Waals surface area contributed by atoms with E-state index in [-0.39, 0.29) is 30.6 Å². The predicted molar refractivity (Wildman–Crippen MR) is 160 cm³/mol. The van der Waals surface area contributed by atoms with Crippen LogP contribution in [-0.4, -0.2) is 57.5 Å². The lowest BCUT2D eigenvalue weighted by molar-refractivity contribution is -0.144. The fourth-order valence-corrected chi connectivity index (χ4v) is 4.94. The molecule has 0 aliphatic carbocycles. The van der Waals surface area contributed by atoms with E-state index >= 15 is 0 Å². The number of carbonyl (C=O) groups excluding carboxylic acids is 3. The Balaban J connectivity index is 1.77. The van der Waals surface area contributed by atoms with E-state index in [0.29, 0.717) is 0 Å². The van der Waals surface area contributed by atoms with Gasteiger partial charge in [-0.1, -0.05) is 74.5 Å². The summed E-state index contributed by atoms with van der Waals surface area (Å²) in [6, 6.07) is 18.7. The van der Waals surface area contributed by atoms with Crippen LogP contribution in [0, 0.1) is 18.6 Å². The van der Waals surface area contributed by atoms with Crippen molar-refractivity contribution in [1.82, 2.24) is 15.5 Å². The summed E-state index contributed by atoms with van der Waals surface area (Å²) in [7, 11) is 0. The Morgan fingerprint density at radius 1 is 0.905 bits per heavy atom. The molecule has 3 amide bonds. The molecule has 0 unspecified atom stereocenters. The molecule has 3 rings (SSSR count). The molecule has 42 heavy (non-hydrogen) atoms. The molecule has 0 aliphatic heterocycles. The SMILES string of the molecule is Cc1ccccc1CNC(=O)CN(CSC(C)C)C(=O)[C@@H](O)[C@H](Cc1ccccc1)NC(=O)Cc1c(F)cccc1F. The Morgan fingerprint density at radius 3 is 2.19 bits per heavy atom. The number of carbonyl (C=O) groups is 3. The Bertz CT molecular complexity index is 1340. The van der Waals surface area contributed by atoms with Gasteiger partial charge >= 0.3 is 0 Å². The van der Waals surface area contributed by atoms with Gasteiger partial charge in [-0.2, -0.15) is 0 Å². The number of amides is 3. The summed E-state index contributed by atoms with van der Waals surface area (Å²) in [4.78, 5) is 40.6. The number of aliphatic hydroxyl groups is 1. The van der Waals surface area contributed by atoms with Crippen LogP contribution < -0.4 is 10.6 Å². The Kier molecular flexibility index (Phi) is 12.5. The van der Waals surface area contributed by atoms with Crippen LogP contribution in [0.2, 0.25) is 0 Å². The lowest BCUT2D eigenvalue weighted by atomic mass is 9.99. The molecule has 0 radical (unpaired) electrons. The lowest BCUT2D eigenvalue weighted by Crippen LogP contribution is -2.54. The van der Waals surface area contributed by atoms with Crippen molar-refractivity contribution in [1.29, 1.82) is 0 Å². The number of nitrogens with zero attached hydrogens (tertiary/aromatic N) is 1. The van der Waals surface area contributed by atoms with Gasteiger partial charge in [-0.3, -0.25) is 14.4 Å². The van der Waals surface area contributed by atoms with Gasteiger partial charge in [0, 0.05) is 17.4 Å². The van der Waals surface area contributed by atoms with Gasteiger partial charge in [0.1, 0.15) is 18.2 Å². The quantitative estimate of drug-likeness (QED) is 0.243. The summed E-state index contributed by atoms with van der Waals surface area (Å²) in [5, 5.41) is 16.8. The van der Waals surface area contributed by atoms with Crippen LogP contribution in [0.4, 0.5) is 8.78 Å². The third-order valence-electron chi connectivity index (χ3n) is 6.63. The molecule has 0 saturated carbocycles. The molecule has 7 nitrogen and oxygen atoms in total. The standard InChI is InChI=1S/C32H37F2N3O4S/c1-21(2)42-20-37(19-30(39)35-18-24-13-8-7-10-22(24)3)32(41)31(40)28(16-23-11-5-4-6-12-23)36-29(38)17-25-26(33)14-9-15-27(25)34/h4-15,21,28,31,40H,16-20H2,1-3H3,(H,35,39)(H,36,38)/t28-,31-/m0/s1. The van der Waals surface area contributed by atoms with E-state index in [4.69, 9.17) is 0 Å². The van der Waals surface area contributed by atoms with Crippen molar-refractivity contribution in [3.63, 3.8) is 0 Å². The number of benzene rings is 3. The minimum Gasteiger partial charge on any atom is -0.381 e. The third-order valence-corrected chi connectivity index (χ3v) is 7.75. The molecule has 3 aromatic carbocycles. The Labute approximate surface area is 249 Å². The van der Waals surface area contributed by atoms with Crippen molar-refractivity contribution in [3.05, 3.63) is 107 Å². The number of aryl methyl sites for hydroxylation is 1. The first-order chi connectivity index (χ1) is 20.0. The van der Waals surface area contributed by atoms with Gasteiger partial charge in [0.25, 0.3) is 5.91 Å². The van der Waals surface area contributed by atoms with Crippen LogP contribution in [0.5, 0.6) is 0 Å². The molecule has 0 aromatic heterocycles.